The van der Waals surface area contributed by atoms with Gasteiger partial charge in [-0.2, -0.15) is 0 Å². The topological polar surface area (TPSA) is 0 Å². The molecule has 0 atom stereocenters. The summed E-state index contributed by atoms with van der Waals surface area (Å²) in [5, 5.41) is 0. The van der Waals surface area contributed by atoms with Crippen LogP contribution in [0.15, 0.2) is 0 Å². The first-order valence-electron chi connectivity index (χ1n) is 3.88. The lowest BCUT2D eigenvalue weighted by molar-refractivity contribution is 1.11. The van der Waals surface area contributed by atoms with Crippen molar-refractivity contribution in [2.45, 2.75) is 27.2 Å². The van der Waals surface area contributed by atoms with Crippen molar-refractivity contribution in [3.05, 3.63) is 0 Å². The molecule has 0 aliphatic heterocycles. The van der Waals surface area contributed by atoms with Gasteiger partial charge in [0.05, 0.1) is 0 Å². The smallest absolute Gasteiger partial charge is 0.0122 e. The highest BCUT2D eigenvalue weighted by atomic mass is 33.1. The van der Waals surface area contributed by atoms with Crippen LogP contribution in [0, 0.1) is 0 Å². The van der Waals surface area contributed by atoms with Crippen LogP contribution in [-0.4, -0.2) is 17.7 Å². The Kier molecular flexibility index (Phi) is 9.16. The van der Waals surface area contributed by atoms with Gasteiger partial charge in [-0.05, 0) is 17.7 Å². The molecule has 0 bridgehead atoms. The molecule has 0 N–H and O–H groups in total. The van der Waals surface area contributed by atoms with E-state index < -0.39 is 0 Å². The second-order valence-corrected chi connectivity index (χ2v) is 9.56. The SMILES string of the molecule is CCCP(SCC)SCC. The lowest BCUT2D eigenvalue weighted by Crippen LogP contribution is -1.75. The summed E-state index contributed by atoms with van der Waals surface area (Å²) >= 11 is 4.31. The molecule has 0 aliphatic carbocycles. The molecule has 0 amide bonds. The van der Waals surface area contributed by atoms with Crippen molar-refractivity contribution < 1.29 is 0 Å². The Hall–Kier alpha value is 1.13. The quantitative estimate of drug-likeness (QED) is 0.583. The zero-order valence-electron chi connectivity index (χ0n) is 7.09. The molecule has 0 aromatic rings. The van der Waals surface area contributed by atoms with E-state index in [-0.39, 0.29) is 6.33 Å². The molecule has 0 rings (SSSR count). The Labute approximate surface area is 74.2 Å². The molecule has 0 fully saturated rings. The van der Waals surface area contributed by atoms with Crippen LogP contribution in [0.3, 0.4) is 0 Å². The van der Waals surface area contributed by atoms with Crippen molar-refractivity contribution in [2.75, 3.05) is 17.7 Å². The van der Waals surface area contributed by atoms with Gasteiger partial charge in [0.25, 0.3) is 0 Å². The zero-order valence-corrected chi connectivity index (χ0v) is 9.62. The van der Waals surface area contributed by atoms with E-state index in [0.29, 0.717) is 0 Å². The molecule has 0 saturated heterocycles. The van der Waals surface area contributed by atoms with Gasteiger partial charge in [0.2, 0.25) is 0 Å². The van der Waals surface area contributed by atoms with E-state index in [1.807, 2.05) is 0 Å². The van der Waals surface area contributed by atoms with Gasteiger partial charge in [0.1, 0.15) is 0 Å². The first-order chi connectivity index (χ1) is 4.85. The van der Waals surface area contributed by atoms with Gasteiger partial charge in [-0.1, -0.05) is 27.2 Å². The number of hydrogen-bond donors (Lipinski definition) is 0. The van der Waals surface area contributed by atoms with Crippen LogP contribution in [0.1, 0.15) is 27.2 Å². The van der Waals surface area contributed by atoms with Crippen molar-refractivity contribution >= 4 is 29.1 Å². The third-order valence-electron chi connectivity index (χ3n) is 0.952. The van der Waals surface area contributed by atoms with E-state index in [9.17, 15) is 0 Å². The largest absolute Gasteiger partial charge is 0.123 e. The molecule has 0 spiro atoms. The molecule has 0 heterocycles. The lowest BCUT2D eigenvalue weighted by atomic mass is 10.6. The second kappa shape index (κ2) is 8.23. The van der Waals surface area contributed by atoms with E-state index in [1.54, 1.807) is 0 Å². The highest BCUT2D eigenvalue weighted by Crippen LogP contribution is 2.60. The summed E-state index contributed by atoms with van der Waals surface area (Å²) in [4.78, 5) is 0. The highest BCUT2D eigenvalue weighted by molar-refractivity contribution is 8.88. The average Bonchev–Trinajstić information content (AvgIpc) is 1.90. The summed E-state index contributed by atoms with van der Waals surface area (Å²) in [5.74, 6) is 2.58. The molecule has 0 unspecified atom stereocenters. The zero-order chi connectivity index (χ0) is 7.82. The summed E-state index contributed by atoms with van der Waals surface area (Å²) in [6, 6.07) is 0. The Morgan fingerprint density at radius 1 is 1.00 bits per heavy atom. The lowest BCUT2D eigenvalue weighted by Gasteiger charge is -2.12. The van der Waals surface area contributed by atoms with E-state index in [0.717, 1.165) is 0 Å². The van der Waals surface area contributed by atoms with Crippen molar-refractivity contribution in [3.8, 4) is 0 Å². The third-order valence-corrected chi connectivity index (χ3v) is 9.13. The molecular weight excluding hydrogens is 179 g/mol. The van der Waals surface area contributed by atoms with Crippen molar-refractivity contribution in [1.82, 2.24) is 0 Å². The summed E-state index contributed by atoms with van der Waals surface area (Å²) in [6.07, 6.45) is 3.06. The maximum Gasteiger partial charge on any atom is 0.0122 e. The Morgan fingerprint density at radius 2 is 1.50 bits per heavy atom. The van der Waals surface area contributed by atoms with Crippen LogP contribution in [0.5, 0.6) is 0 Å². The summed E-state index contributed by atoms with van der Waals surface area (Å²) in [7, 11) is 0. The van der Waals surface area contributed by atoms with Gasteiger partial charge >= 0.3 is 0 Å². The van der Waals surface area contributed by atoms with Gasteiger partial charge in [-0.25, -0.2) is 0 Å². The van der Waals surface area contributed by atoms with Gasteiger partial charge in [0, 0.05) is 6.33 Å². The van der Waals surface area contributed by atoms with Crippen LogP contribution >= 0.6 is 29.1 Å². The predicted octanol–water partition coefficient (Wildman–Crippen LogP) is 4.21. The Morgan fingerprint density at radius 3 is 1.80 bits per heavy atom. The minimum atomic E-state index is 0.272. The van der Waals surface area contributed by atoms with Gasteiger partial charge < -0.3 is 0 Å². The number of hydrogen-bond acceptors (Lipinski definition) is 2. The fourth-order valence-electron chi connectivity index (χ4n) is 0.637. The third kappa shape index (κ3) is 5.88. The highest BCUT2D eigenvalue weighted by Gasteiger charge is 2.04. The normalized spacial score (nSPS) is 10.8. The van der Waals surface area contributed by atoms with Gasteiger partial charge in [-0.15, -0.1) is 22.8 Å². The molecule has 3 heteroatoms. The Bertz CT molecular complexity index is 54.4. The fraction of sp³-hybridized carbons (Fsp3) is 1.00. The predicted molar refractivity (Wildman–Crippen MR) is 58.3 cm³/mol. The number of rotatable bonds is 6. The maximum absolute atomic E-state index is 2.28. The molecule has 0 aromatic carbocycles. The minimum absolute atomic E-state index is 0.272. The van der Waals surface area contributed by atoms with E-state index >= 15 is 0 Å². The van der Waals surface area contributed by atoms with Crippen molar-refractivity contribution in [2.24, 2.45) is 0 Å². The summed E-state index contributed by atoms with van der Waals surface area (Å²) in [5.41, 5.74) is 0. The van der Waals surface area contributed by atoms with Crippen LogP contribution in [-0.2, 0) is 0 Å². The fourth-order valence-corrected chi connectivity index (χ4v) is 8.30. The van der Waals surface area contributed by atoms with Gasteiger partial charge in [-0.3, -0.25) is 0 Å². The molecule has 0 aromatic heterocycles. The summed E-state index contributed by atoms with van der Waals surface area (Å²) in [6.45, 7) is 6.79. The van der Waals surface area contributed by atoms with Crippen LogP contribution in [0.25, 0.3) is 0 Å². The van der Waals surface area contributed by atoms with E-state index in [2.05, 4.69) is 43.5 Å². The van der Waals surface area contributed by atoms with Gasteiger partial charge in [0.15, 0.2) is 0 Å². The molecule has 0 aliphatic rings. The first-order valence-corrected chi connectivity index (χ1v) is 8.59. The molecule has 62 valence electrons. The van der Waals surface area contributed by atoms with E-state index in [1.165, 1.54) is 24.1 Å². The molecular formula is C7H17PS2. The average molecular weight is 196 g/mol. The monoisotopic (exact) mass is 196 g/mol. The molecule has 0 saturated carbocycles. The minimum Gasteiger partial charge on any atom is -0.123 e. The van der Waals surface area contributed by atoms with Crippen molar-refractivity contribution in [1.29, 1.82) is 0 Å². The van der Waals surface area contributed by atoms with Crippen molar-refractivity contribution in [3.63, 3.8) is 0 Å². The maximum atomic E-state index is 2.28. The molecule has 0 nitrogen and oxygen atoms in total. The Balaban J connectivity index is 3.30. The second-order valence-electron chi connectivity index (χ2n) is 1.89. The standard InChI is InChI=1S/C7H17PS2/c1-4-7-8(9-5-2)10-6-3/h4-7H2,1-3H3. The summed E-state index contributed by atoms with van der Waals surface area (Å²) < 4.78 is 0. The molecule has 0 radical (unpaired) electrons. The van der Waals surface area contributed by atoms with Crippen LogP contribution < -0.4 is 0 Å². The molecule has 10 heavy (non-hydrogen) atoms. The van der Waals surface area contributed by atoms with Crippen LogP contribution in [0.2, 0.25) is 0 Å². The van der Waals surface area contributed by atoms with E-state index in [4.69, 9.17) is 0 Å². The van der Waals surface area contributed by atoms with Crippen LogP contribution in [0.4, 0.5) is 0 Å². The first kappa shape index (κ1) is 11.1.